The van der Waals surface area contributed by atoms with E-state index >= 15 is 0 Å². The molecule has 102 valence electrons. The fourth-order valence-corrected chi connectivity index (χ4v) is 3.82. The third kappa shape index (κ3) is 1.77. The molecule has 2 aliphatic carbocycles. The number of piperidine rings is 1. The van der Waals surface area contributed by atoms with E-state index in [0.717, 1.165) is 32.4 Å². The van der Waals surface area contributed by atoms with Gasteiger partial charge in [-0.25, -0.2) is 0 Å². The Morgan fingerprint density at radius 2 is 1.89 bits per heavy atom. The molecule has 1 amide bonds. The first-order valence-corrected chi connectivity index (χ1v) is 7.09. The first-order chi connectivity index (χ1) is 9.04. The first kappa shape index (κ1) is 12.6. The predicted octanol–water partition coefficient (Wildman–Crippen LogP) is 1.49. The quantitative estimate of drug-likeness (QED) is 0.531. The fraction of sp³-hybridized carbons (Fsp3) is 0.667. The van der Waals surface area contributed by atoms with Gasteiger partial charge in [0.05, 0.1) is 0 Å². The lowest BCUT2D eigenvalue weighted by Crippen LogP contribution is -2.50. The Morgan fingerprint density at radius 3 is 2.58 bits per heavy atom. The molecule has 2 unspecified atom stereocenters. The summed E-state index contributed by atoms with van der Waals surface area (Å²) in [4.78, 5) is 38.8. The molecule has 3 aliphatic rings. The highest BCUT2D eigenvalue weighted by Gasteiger charge is 2.59. The van der Waals surface area contributed by atoms with Gasteiger partial charge >= 0.3 is 0 Å². The van der Waals surface area contributed by atoms with Gasteiger partial charge in [-0.15, -0.1) is 0 Å². The molecule has 0 aromatic carbocycles. The van der Waals surface area contributed by atoms with Crippen molar-refractivity contribution in [2.45, 2.75) is 38.5 Å². The van der Waals surface area contributed by atoms with Crippen molar-refractivity contribution in [2.75, 3.05) is 13.1 Å². The van der Waals surface area contributed by atoms with Gasteiger partial charge in [0.1, 0.15) is 11.2 Å². The van der Waals surface area contributed by atoms with E-state index in [1.807, 2.05) is 0 Å². The van der Waals surface area contributed by atoms with Gasteiger partial charge in [-0.3, -0.25) is 14.4 Å². The van der Waals surface area contributed by atoms with Gasteiger partial charge in [-0.1, -0.05) is 6.58 Å². The normalized spacial score (nSPS) is 34.8. The van der Waals surface area contributed by atoms with Crippen molar-refractivity contribution in [2.24, 2.45) is 11.3 Å². The summed E-state index contributed by atoms with van der Waals surface area (Å²) in [5.74, 6) is -0.344. The molecule has 3 fully saturated rings. The summed E-state index contributed by atoms with van der Waals surface area (Å²) in [7, 11) is 0. The lowest BCUT2D eigenvalue weighted by atomic mass is 9.73. The van der Waals surface area contributed by atoms with Crippen molar-refractivity contribution in [3.63, 3.8) is 0 Å². The SMILES string of the molecule is C=C1C(=O)C2(C(=O)N3CCCCC3)CC(=O)CC1C2. The number of likely N-dealkylation sites (tertiary alicyclic amines) is 1. The molecule has 4 nitrogen and oxygen atoms in total. The molecule has 2 saturated carbocycles. The maximum Gasteiger partial charge on any atom is 0.237 e. The number of amides is 1. The molecule has 0 N–H and O–H groups in total. The average Bonchev–Trinajstić information content (AvgIpc) is 2.61. The summed E-state index contributed by atoms with van der Waals surface area (Å²) >= 11 is 0. The van der Waals surface area contributed by atoms with E-state index in [2.05, 4.69) is 6.58 Å². The molecule has 1 heterocycles. The monoisotopic (exact) mass is 261 g/mol. The Labute approximate surface area is 112 Å². The molecule has 0 spiro atoms. The summed E-state index contributed by atoms with van der Waals surface area (Å²) in [5.41, 5.74) is -0.592. The number of nitrogens with zero attached hydrogens (tertiary/aromatic N) is 1. The largest absolute Gasteiger partial charge is 0.342 e. The van der Waals surface area contributed by atoms with Crippen LogP contribution in [0, 0.1) is 11.3 Å². The molecular weight excluding hydrogens is 242 g/mol. The lowest BCUT2D eigenvalue weighted by molar-refractivity contribution is -0.152. The molecule has 2 bridgehead atoms. The maximum atomic E-state index is 12.7. The van der Waals surface area contributed by atoms with E-state index in [-0.39, 0.29) is 29.8 Å². The van der Waals surface area contributed by atoms with Crippen molar-refractivity contribution in [1.29, 1.82) is 0 Å². The smallest absolute Gasteiger partial charge is 0.237 e. The van der Waals surface area contributed by atoms with E-state index < -0.39 is 5.41 Å². The Bertz CT molecular complexity index is 476. The highest BCUT2D eigenvalue weighted by atomic mass is 16.2. The number of carbonyl (C=O) groups is 3. The summed E-state index contributed by atoms with van der Waals surface area (Å²) in [6, 6.07) is 0. The number of Topliss-reactive ketones (excluding diaryl/α,β-unsaturated/α-hetero) is 2. The van der Waals surface area contributed by atoms with Gasteiger partial charge in [-0.2, -0.15) is 0 Å². The Morgan fingerprint density at radius 1 is 1.21 bits per heavy atom. The van der Waals surface area contributed by atoms with Crippen molar-refractivity contribution in [3.8, 4) is 0 Å². The van der Waals surface area contributed by atoms with Crippen molar-refractivity contribution in [1.82, 2.24) is 4.90 Å². The molecular formula is C15H19NO3. The summed E-state index contributed by atoms with van der Waals surface area (Å²) < 4.78 is 0. The summed E-state index contributed by atoms with van der Waals surface area (Å²) in [6.07, 6.45) is 4.11. The molecule has 1 aliphatic heterocycles. The number of ketones is 2. The Hall–Kier alpha value is -1.45. The van der Waals surface area contributed by atoms with Gasteiger partial charge in [0.25, 0.3) is 0 Å². The van der Waals surface area contributed by atoms with Crippen molar-refractivity contribution >= 4 is 17.5 Å². The van der Waals surface area contributed by atoms with Crippen LogP contribution in [0.1, 0.15) is 38.5 Å². The van der Waals surface area contributed by atoms with Gasteiger partial charge in [0.15, 0.2) is 5.78 Å². The van der Waals surface area contributed by atoms with Gasteiger partial charge < -0.3 is 4.90 Å². The molecule has 2 atom stereocenters. The number of carbonyl (C=O) groups excluding carboxylic acids is 3. The molecule has 0 radical (unpaired) electrons. The molecule has 0 aromatic rings. The van der Waals surface area contributed by atoms with Crippen LogP contribution in [0.3, 0.4) is 0 Å². The second-order valence-corrected chi connectivity index (χ2v) is 6.11. The van der Waals surface area contributed by atoms with E-state index in [1.54, 1.807) is 4.90 Å². The molecule has 1 saturated heterocycles. The molecule has 3 rings (SSSR count). The fourth-order valence-electron chi connectivity index (χ4n) is 3.82. The third-order valence-electron chi connectivity index (χ3n) is 4.84. The molecule has 0 aromatic heterocycles. The average molecular weight is 261 g/mol. The zero-order valence-corrected chi connectivity index (χ0v) is 11.1. The van der Waals surface area contributed by atoms with Crippen LogP contribution in [0.4, 0.5) is 0 Å². The van der Waals surface area contributed by atoms with Crippen LogP contribution >= 0.6 is 0 Å². The van der Waals surface area contributed by atoms with Gasteiger partial charge in [-0.05, 0) is 37.2 Å². The minimum atomic E-state index is -1.09. The second-order valence-electron chi connectivity index (χ2n) is 6.11. The number of allylic oxidation sites excluding steroid dienone is 1. The predicted molar refractivity (Wildman–Crippen MR) is 69.4 cm³/mol. The summed E-state index contributed by atoms with van der Waals surface area (Å²) in [6.45, 7) is 5.26. The number of fused-ring (bicyclic) bond motifs is 2. The Balaban J connectivity index is 1.92. The number of hydrogen-bond acceptors (Lipinski definition) is 3. The second kappa shape index (κ2) is 4.29. The van der Waals surface area contributed by atoms with Crippen LogP contribution < -0.4 is 0 Å². The van der Waals surface area contributed by atoms with Crippen LogP contribution in [-0.2, 0) is 14.4 Å². The van der Waals surface area contributed by atoms with E-state index in [4.69, 9.17) is 0 Å². The minimum absolute atomic E-state index is 0.0357. The highest BCUT2D eigenvalue weighted by Crippen LogP contribution is 2.51. The number of hydrogen-bond donors (Lipinski definition) is 0. The van der Waals surface area contributed by atoms with Crippen molar-refractivity contribution < 1.29 is 14.4 Å². The van der Waals surface area contributed by atoms with E-state index in [0.29, 0.717) is 18.4 Å². The Kier molecular flexibility index (Phi) is 2.84. The van der Waals surface area contributed by atoms with Crippen LogP contribution in [0.2, 0.25) is 0 Å². The lowest BCUT2D eigenvalue weighted by Gasteiger charge is -2.36. The zero-order valence-electron chi connectivity index (χ0n) is 11.1. The van der Waals surface area contributed by atoms with Crippen molar-refractivity contribution in [3.05, 3.63) is 12.2 Å². The van der Waals surface area contributed by atoms with Gasteiger partial charge in [0, 0.05) is 25.9 Å². The van der Waals surface area contributed by atoms with E-state index in [9.17, 15) is 14.4 Å². The summed E-state index contributed by atoms with van der Waals surface area (Å²) in [5, 5.41) is 0. The highest BCUT2D eigenvalue weighted by molar-refractivity contribution is 6.19. The number of rotatable bonds is 1. The third-order valence-corrected chi connectivity index (χ3v) is 4.84. The van der Waals surface area contributed by atoms with Gasteiger partial charge in [0.2, 0.25) is 5.91 Å². The minimum Gasteiger partial charge on any atom is -0.342 e. The molecule has 19 heavy (non-hydrogen) atoms. The zero-order chi connectivity index (χ0) is 13.6. The first-order valence-electron chi connectivity index (χ1n) is 7.09. The maximum absolute atomic E-state index is 12.7. The van der Waals surface area contributed by atoms with Crippen LogP contribution in [0.15, 0.2) is 12.2 Å². The van der Waals surface area contributed by atoms with Crippen LogP contribution in [0.5, 0.6) is 0 Å². The standard InChI is InChI=1S/C15H19NO3/c1-10-11-7-12(17)9-15(8-11,13(10)18)14(19)16-5-3-2-4-6-16/h11H,1-9H2. The molecule has 4 heteroatoms. The van der Waals surface area contributed by atoms with Crippen LogP contribution in [0.25, 0.3) is 0 Å². The topological polar surface area (TPSA) is 54.5 Å². The van der Waals surface area contributed by atoms with E-state index in [1.165, 1.54) is 0 Å². The van der Waals surface area contributed by atoms with Crippen LogP contribution in [-0.4, -0.2) is 35.5 Å².